The first-order valence-electron chi connectivity index (χ1n) is 7.01. The van der Waals surface area contributed by atoms with E-state index in [4.69, 9.17) is 4.74 Å². The Morgan fingerprint density at radius 1 is 1.24 bits per heavy atom. The fourth-order valence-electron chi connectivity index (χ4n) is 2.62. The second-order valence-electron chi connectivity index (χ2n) is 5.26. The molecule has 0 fully saturated rings. The predicted molar refractivity (Wildman–Crippen MR) is 95.8 cm³/mol. The minimum atomic E-state index is -0.446. The molecule has 0 bridgehead atoms. The summed E-state index contributed by atoms with van der Waals surface area (Å²) < 4.78 is 7.63. The van der Waals surface area contributed by atoms with Crippen molar-refractivity contribution in [3.63, 3.8) is 0 Å². The highest BCUT2D eigenvalue weighted by atomic mass is 127. The van der Waals surface area contributed by atoms with Gasteiger partial charge in [0.05, 0.1) is 12.7 Å². The number of rotatable bonds is 4. The summed E-state index contributed by atoms with van der Waals surface area (Å²) >= 11 is 5.79. The Bertz CT molecular complexity index is 657. The molecule has 1 atom stereocenters. The maximum atomic E-state index is 10.4. The van der Waals surface area contributed by atoms with Crippen LogP contribution in [-0.4, -0.2) is 11.7 Å². The Morgan fingerprint density at radius 2 is 2.10 bits per heavy atom. The molecule has 21 heavy (non-hydrogen) atoms. The number of halogens is 2. The molecule has 0 radical (unpaired) electrons. The van der Waals surface area contributed by atoms with Gasteiger partial charge in [-0.05, 0) is 76.4 Å². The van der Waals surface area contributed by atoms with E-state index in [-0.39, 0.29) is 0 Å². The molecule has 1 unspecified atom stereocenters. The first-order valence-corrected chi connectivity index (χ1v) is 8.88. The monoisotopic (exact) mass is 458 g/mol. The zero-order valence-corrected chi connectivity index (χ0v) is 15.2. The third-order valence-corrected chi connectivity index (χ3v) is 5.17. The Morgan fingerprint density at radius 3 is 2.95 bits per heavy atom. The third-order valence-electron chi connectivity index (χ3n) is 3.78. The van der Waals surface area contributed by atoms with Crippen LogP contribution in [0.3, 0.4) is 0 Å². The van der Waals surface area contributed by atoms with Crippen LogP contribution in [-0.2, 0) is 12.8 Å². The molecule has 1 aliphatic rings. The molecular weight excluding hydrogens is 443 g/mol. The van der Waals surface area contributed by atoms with Crippen LogP contribution in [0.15, 0.2) is 40.9 Å². The average molecular weight is 459 g/mol. The van der Waals surface area contributed by atoms with Crippen LogP contribution < -0.4 is 4.74 Å². The molecule has 2 aromatic rings. The van der Waals surface area contributed by atoms with E-state index < -0.39 is 6.10 Å². The van der Waals surface area contributed by atoms with Gasteiger partial charge in [0, 0.05) is 14.5 Å². The normalized spacial score (nSPS) is 14.6. The molecule has 3 rings (SSSR count). The van der Waals surface area contributed by atoms with E-state index in [9.17, 15) is 5.11 Å². The highest BCUT2D eigenvalue weighted by molar-refractivity contribution is 14.1. The SMILES string of the molecule is OC(CCc1ccc2c(c1)CCO2)c1cc(I)ccc1Br. The Kier molecular flexibility index (Phi) is 4.86. The number of aliphatic hydroxyl groups excluding tert-OH is 1. The number of aryl methyl sites for hydroxylation is 1. The molecule has 1 N–H and O–H groups in total. The molecule has 0 saturated heterocycles. The molecule has 0 saturated carbocycles. The number of ether oxygens (including phenoxy) is 1. The van der Waals surface area contributed by atoms with Crippen LogP contribution in [0.2, 0.25) is 0 Å². The molecule has 4 heteroatoms. The summed E-state index contributed by atoms with van der Waals surface area (Å²) in [6.07, 6.45) is 2.14. The fourth-order valence-corrected chi connectivity index (χ4v) is 3.65. The van der Waals surface area contributed by atoms with E-state index in [1.54, 1.807) is 0 Å². The van der Waals surface area contributed by atoms with Gasteiger partial charge in [-0.15, -0.1) is 0 Å². The van der Waals surface area contributed by atoms with Crippen LogP contribution in [0.5, 0.6) is 5.75 Å². The largest absolute Gasteiger partial charge is 0.493 e. The van der Waals surface area contributed by atoms with Gasteiger partial charge in [0.1, 0.15) is 5.75 Å². The minimum Gasteiger partial charge on any atom is -0.493 e. The number of fused-ring (bicyclic) bond motifs is 1. The maximum absolute atomic E-state index is 10.4. The predicted octanol–water partition coefficient (Wildman–Crippen LogP) is 4.65. The van der Waals surface area contributed by atoms with Gasteiger partial charge < -0.3 is 9.84 Å². The second kappa shape index (κ2) is 6.67. The molecule has 0 spiro atoms. The summed E-state index contributed by atoms with van der Waals surface area (Å²) in [7, 11) is 0. The number of benzene rings is 2. The first kappa shape index (κ1) is 15.3. The standard InChI is InChI=1S/C17H16BrIO2/c18-15-4-3-13(19)10-14(15)16(20)5-1-11-2-6-17-12(9-11)7-8-21-17/h2-4,6,9-10,16,20H,1,5,7-8H2. The lowest BCUT2D eigenvalue weighted by Gasteiger charge is -2.14. The molecule has 1 aliphatic heterocycles. The molecule has 110 valence electrons. The fraction of sp³-hybridized carbons (Fsp3) is 0.294. The van der Waals surface area contributed by atoms with Crippen molar-refractivity contribution >= 4 is 38.5 Å². The molecule has 0 aromatic heterocycles. The number of hydrogen-bond acceptors (Lipinski definition) is 2. The molecule has 2 nitrogen and oxygen atoms in total. The minimum absolute atomic E-state index is 0.446. The van der Waals surface area contributed by atoms with E-state index >= 15 is 0 Å². The lowest BCUT2D eigenvalue weighted by atomic mass is 9.99. The van der Waals surface area contributed by atoms with E-state index in [1.807, 2.05) is 24.3 Å². The molecule has 1 heterocycles. The highest BCUT2D eigenvalue weighted by Crippen LogP contribution is 2.30. The first-order chi connectivity index (χ1) is 10.1. The molecule has 2 aromatic carbocycles. The van der Waals surface area contributed by atoms with Crippen molar-refractivity contribution in [2.75, 3.05) is 6.61 Å². The summed E-state index contributed by atoms with van der Waals surface area (Å²) in [4.78, 5) is 0. The Hall–Kier alpha value is -0.590. The van der Waals surface area contributed by atoms with Crippen LogP contribution in [0.4, 0.5) is 0 Å². The highest BCUT2D eigenvalue weighted by Gasteiger charge is 2.14. The van der Waals surface area contributed by atoms with Crippen molar-refractivity contribution in [2.24, 2.45) is 0 Å². The summed E-state index contributed by atoms with van der Waals surface area (Å²) in [5.41, 5.74) is 3.52. The van der Waals surface area contributed by atoms with Crippen molar-refractivity contribution in [1.29, 1.82) is 0 Å². The zero-order valence-electron chi connectivity index (χ0n) is 11.5. The van der Waals surface area contributed by atoms with Gasteiger partial charge in [-0.2, -0.15) is 0 Å². The van der Waals surface area contributed by atoms with Crippen LogP contribution in [0, 0.1) is 3.57 Å². The van der Waals surface area contributed by atoms with Crippen molar-refractivity contribution in [2.45, 2.75) is 25.4 Å². The second-order valence-corrected chi connectivity index (χ2v) is 7.36. The average Bonchev–Trinajstić information content (AvgIpc) is 2.94. The van der Waals surface area contributed by atoms with Crippen molar-refractivity contribution in [1.82, 2.24) is 0 Å². The van der Waals surface area contributed by atoms with Gasteiger partial charge in [0.25, 0.3) is 0 Å². The summed E-state index contributed by atoms with van der Waals surface area (Å²) in [5, 5.41) is 10.4. The molecule has 0 amide bonds. The van der Waals surface area contributed by atoms with E-state index in [2.05, 4.69) is 50.7 Å². The zero-order chi connectivity index (χ0) is 14.8. The van der Waals surface area contributed by atoms with Gasteiger partial charge in [0.15, 0.2) is 0 Å². The summed E-state index contributed by atoms with van der Waals surface area (Å²) in [6, 6.07) is 12.4. The van der Waals surface area contributed by atoms with Crippen molar-refractivity contribution in [3.8, 4) is 5.75 Å². The van der Waals surface area contributed by atoms with E-state index in [0.717, 1.165) is 45.2 Å². The number of hydrogen-bond donors (Lipinski definition) is 1. The van der Waals surface area contributed by atoms with Crippen molar-refractivity contribution in [3.05, 3.63) is 61.1 Å². The van der Waals surface area contributed by atoms with Crippen molar-refractivity contribution < 1.29 is 9.84 Å². The van der Waals surface area contributed by atoms with Crippen LogP contribution >= 0.6 is 38.5 Å². The van der Waals surface area contributed by atoms with Crippen LogP contribution in [0.25, 0.3) is 0 Å². The summed E-state index contributed by atoms with van der Waals surface area (Å²) in [6.45, 7) is 0.789. The quantitative estimate of drug-likeness (QED) is 0.675. The molecular formula is C17H16BrIO2. The van der Waals surface area contributed by atoms with Gasteiger partial charge in [-0.3, -0.25) is 0 Å². The molecule has 0 aliphatic carbocycles. The van der Waals surface area contributed by atoms with Crippen LogP contribution in [0.1, 0.15) is 29.2 Å². The van der Waals surface area contributed by atoms with E-state index in [0.29, 0.717) is 0 Å². The third kappa shape index (κ3) is 3.60. The van der Waals surface area contributed by atoms with Gasteiger partial charge >= 0.3 is 0 Å². The summed E-state index contributed by atoms with van der Waals surface area (Å²) in [5.74, 6) is 1.01. The Labute approximate surface area is 146 Å². The topological polar surface area (TPSA) is 29.5 Å². The smallest absolute Gasteiger partial charge is 0.122 e. The lowest BCUT2D eigenvalue weighted by Crippen LogP contribution is -2.01. The van der Waals surface area contributed by atoms with E-state index in [1.165, 1.54) is 11.1 Å². The van der Waals surface area contributed by atoms with Gasteiger partial charge in [-0.1, -0.05) is 28.1 Å². The van der Waals surface area contributed by atoms with Gasteiger partial charge in [-0.25, -0.2) is 0 Å². The van der Waals surface area contributed by atoms with Gasteiger partial charge in [0.2, 0.25) is 0 Å². The number of aliphatic hydroxyl groups is 1. The lowest BCUT2D eigenvalue weighted by molar-refractivity contribution is 0.167. The maximum Gasteiger partial charge on any atom is 0.122 e. The Balaban J connectivity index is 1.68.